The highest BCUT2D eigenvalue weighted by atomic mass is 15.4. The Morgan fingerprint density at radius 3 is 2.86 bits per heavy atom. The summed E-state index contributed by atoms with van der Waals surface area (Å²) in [5, 5.41) is 7.91. The van der Waals surface area contributed by atoms with Gasteiger partial charge in [0, 0.05) is 31.4 Å². The number of para-hydroxylation sites is 1. The van der Waals surface area contributed by atoms with Gasteiger partial charge in [0.1, 0.15) is 5.82 Å². The molecule has 2 aromatic rings. The molecule has 0 radical (unpaired) electrons. The molecule has 0 bridgehead atoms. The van der Waals surface area contributed by atoms with E-state index in [1.54, 1.807) is 0 Å². The van der Waals surface area contributed by atoms with E-state index >= 15 is 0 Å². The number of fused-ring (bicyclic) bond motifs is 1. The van der Waals surface area contributed by atoms with E-state index in [4.69, 9.17) is 0 Å². The molecule has 0 fully saturated rings. The normalized spacial score (nSPS) is 17.9. The van der Waals surface area contributed by atoms with Crippen molar-refractivity contribution in [3.8, 4) is 0 Å². The zero-order valence-electron chi connectivity index (χ0n) is 13.3. The predicted molar refractivity (Wildman–Crippen MR) is 87.0 cm³/mol. The first-order valence-electron chi connectivity index (χ1n) is 7.64. The van der Waals surface area contributed by atoms with Gasteiger partial charge < -0.3 is 10.2 Å². The summed E-state index contributed by atoms with van der Waals surface area (Å²) in [6.45, 7) is 6.31. The SMILES string of the molecule is CNCc1c(C)nn(C)c1N1CC(C)Cc2ccccc21. The molecule has 21 heavy (non-hydrogen) atoms. The number of nitrogens with zero attached hydrogens (tertiary/aromatic N) is 3. The summed E-state index contributed by atoms with van der Waals surface area (Å²) in [6.07, 6.45) is 1.16. The van der Waals surface area contributed by atoms with Gasteiger partial charge in [-0.1, -0.05) is 25.1 Å². The van der Waals surface area contributed by atoms with Crippen molar-refractivity contribution in [1.29, 1.82) is 0 Å². The van der Waals surface area contributed by atoms with Crippen LogP contribution in [0.2, 0.25) is 0 Å². The molecule has 1 aromatic carbocycles. The molecule has 0 amide bonds. The maximum absolute atomic E-state index is 4.64. The fourth-order valence-electron chi connectivity index (χ4n) is 3.41. The molecular formula is C17H24N4. The topological polar surface area (TPSA) is 33.1 Å². The van der Waals surface area contributed by atoms with Gasteiger partial charge in [-0.2, -0.15) is 5.10 Å². The molecule has 1 aromatic heterocycles. The lowest BCUT2D eigenvalue weighted by Gasteiger charge is -2.35. The lowest BCUT2D eigenvalue weighted by molar-refractivity contribution is 0.552. The molecule has 2 heterocycles. The average Bonchev–Trinajstić information content (AvgIpc) is 2.73. The molecule has 1 unspecified atom stereocenters. The molecule has 0 spiro atoms. The maximum atomic E-state index is 4.64. The van der Waals surface area contributed by atoms with Gasteiger partial charge in [-0.15, -0.1) is 0 Å². The fraction of sp³-hybridized carbons (Fsp3) is 0.471. The van der Waals surface area contributed by atoms with Crippen molar-refractivity contribution in [2.24, 2.45) is 13.0 Å². The van der Waals surface area contributed by atoms with Crippen LogP contribution in [0.4, 0.5) is 11.5 Å². The van der Waals surface area contributed by atoms with Crippen LogP contribution in [0.3, 0.4) is 0 Å². The number of aryl methyl sites for hydroxylation is 2. The number of rotatable bonds is 3. The monoisotopic (exact) mass is 284 g/mol. The van der Waals surface area contributed by atoms with Crippen molar-refractivity contribution in [2.45, 2.75) is 26.8 Å². The van der Waals surface area contributed by atoms with E-state index in [0.29, 0.717) is 5.92 Å². The second kappa shape index (κ2) is 5.53. The summed E-state index contributed by atoms with van der Waals surface area (Å²) in [4.78, 5) is 2.44. The molecule has 4 heteroatoms. The summed E-state index contributed by atoms with van der Waals surface area (Å²) < 4.78 is 2.02. The van der Waals surface area contributed by atoms with E-state index < -0.39 is 0 Å². The first-order valence-corrected chi connectivity index (χ1v) is 7.64. The lowest BCUT2D eigenvalue weighted by atomic mass is 9.93. The Balaban J connectivity index is 2.13. The third kappa shape index (κ3) is 2.44. The van der Waals surface area contributed by atoms with E-state index in [1.165, 1.54) is 22.6 Å². The van der Waals surface area contributed by atoms with Crippen LogP contribution in [-0.2, 0) is 20.0 Å². The van der Waals surface area contributed by atoms with Gasteiger partial charge >= 0.3 is 0 Å². The Morgan fingerprint density at radius 1 is 1.33 bits per heavy atom. The summed E-state index contributed by atoms with van der Waals surface area (Å²) >= 11 is 0. The number of aromatic nitrogens is 2. The van der Waals surface area contributed by atoms with E-state index in [1.807, 2.05) is 18.8 Å². The standard InChI is InChI=1S/C17H24N4/c1-12-9-14-7-5-6-8-16(14)21(11-12)17-15(10-18-3)13(2)19-20(17)4/h5-8,12,18H,9-11H2,1-4H3. The van der Waals surface area contributed by atoms with E-state index in [2.05, 4.69) is 53.4 Å². The van der Waals surface area contributed by atoms with Crippen LogP contribution in [-0.4, -0.2) is 23.4 Å². The molecule has 1 N–H and O–H groups in total. The van der Waals surface area contributed by atoms with E-state index in [0.717, 1.165) is 25.2 Å². The number of hydrogen-bond acceptors (Lipinski definition) is 3. The molecule has 1 atom stereocenters. The highest BCUT2D eigenvalue weighted by Gasteiger charge is 2.27. The van der Waals surface area contributed by atoms with Crippen molar-refractivity contribution in [1.82, 2.24) is 15.1 Å². The van der Waals surface area contributed by atoms with Crippen LogP contribution in [0.15, 0.2) is 24.3 Å². The minimum Gasteiger partial charge on any atom is -0.326 e. The van der Waals surface area contributed by atoms with Gasteiger partial charge in [0.05, 0.1) is 5.69 Å². The third-order valence-electron chi connectivity index (χ3n) is 4.27. The molecule has 112 valence electrons. The van der Waals surface area contributed by atoms with Crippen molar-refractivity contribution in [3.63, 3.8) is 0 Å². The highest BCUT2D eigenvalue weighted by Crippen LogP contribution is 2.37. The molecular weight excluding hydrogens is 260 g/mol. The predicted octanol–water partition coefficient (Wildman–Crippen LogP) is 2.78. The summed E-state index contributed by atoms with van der Waals surface area (Å²) in [5.41, 5.74) is 5.17. The number of hydrogen-bond donors (Lipinski definition) is 1. The number of nitrogens with one attached hydrogen (secondary N) is 1. The third-order valence-corrected chi connectivity index (χ3v) is 4.27. The summed E-state index contributed by atoms with van der Waals surface area (Å²) in [6, 6.07) is 8.74. The minimum atomic E-state index is 0.651. The van der Waals surface area contributed by atoms with Crippen LogP contribution >= 0.6 is 0 Å². The Bertz CT molecular complexity index is 644. The quantitative estimate of drug-likeness (QED) is 0.941. The van der Waals surface area contributed by atoms with E-state index in [9.17, 15) is 0 Å². The van der Waals surface area contributed by atoms with Crippen LogP contribution in [0.1, 0.15) is 23.7 Å². The molecule has 3 rings (SSSR count). The van der Waals surface area contributed by atoms with Gasteiger partial charge in [-0.3, -0.25) is 4.68 Å². The van der Waals surface area contributed by atoms with Gasteiger partial charge in [0.25, 0.3) is 0 Å². The Kier molecular flexibility index (Phi) is 3.72. The van der Waals surface area contributed by atoms with Crippen LogP contribution < -0.4 is 10.2 Å². The molecule has 1 aliphatic heterocycles. The smallest absolute Gasteiger partial charge is 0.135 e. The highest BCUT2D eigenvalue weighted by molar-refractivity contribution is 5.68. The Morgan fingerprint density at radius 2 is 2.10 bits per heavy atom. The average molecular weight is 284 g/mol. The second-order valence-corrected chi connectivity index (χ2v) is 6.09. The molecule has 0 saturated heterocycles. The molecule has 1 aliphatic rings. The maximum Gasteiger partial charge on any atom is 0.135 e. The van der Waals surface area contributed by atoms with Crippen molar-refractivity contribution in [2.75, 3.05) is 18.5 Å². The van der Waals surface area contributed by atoms with Crippen LogP contribution in [0.25, 0.3) is 0 Å². The largest absolute Gasteiger partial charge is 0.326 e. The first kappa shape index (κ1) is 14.1. The van der Waals surface area contributed by atoms with Crippen molar-refractivity contribution in [3.05, 3.63) is 41.1 Å². The summed E-state index contributed by atoms with van der Waals surface area (Å²) in [7, 11) is 4.03. The van der Waals surface area contributed by atoms with Crippen molar-refractivity contribution < 1.29 is 0 Å². The summed E-state index contributed by atoms with van der Waals surface area (Å²) in [5.74, 6) is 1.87. The molecule has 0 saturated carbocycles. The Labute approximate surface area is 126 Å². The van der Waals surface area contributed by atoms with Gasteiger partial charge in [0.15, 0.2) is 0 Å². The molecule has 0 aliphatic carbocycles. The fourth-order valence-corrected chi connectivity index (χ4v) is 3.41. The lowest BCUT2D eigenvalue weighted by Crippen LogP contribution is -2.32. The Hall–Kier alpha value is -1.81. The molecule has 4 nitrogen and oxygen atoms in total. The zero-order valence-corrected chi connectivity index (χ0v) is 13.3. The van der Waals surface area contributed by atoms with Gasteiger partial charge in [-0.25, -0.2) is 0 Å². The van der Waals surface area contributed by atoms with Crippen LogP contribution in [0.5, 0.6) is 0 Å². The first-order chi connectivity index (χ1) is 10.1. The van der Waals surface area contributed by atoms with Gasteiger partial charge in [-0.05, 0) is 37.9 Å². The zero-order chi connectivity index (χ0) is 15.0. The minimum absolute atomic E-state index is 0.651. The van der Waals surface area contributed by atoms with Gasteiger partial charge in [0.2, 0.25) is 0 Å². The van der Waals surface area contributed by atoms with Crippen molar-refractivity contribution >= 4 is 11.5 Å². The van der Waals surface area contributed by atoms with E-state index in [-0.39, 0.29) is 0 Å². The van der Waals surface area contributed by atoms with Crippen LogP contribution in [0, 0.1) is 12.8 Å². The number of anilines is 2. The second-order valence-electron chi connectivity index (χ2n) is 6.09. The number of benzene rings is 1.